The number of carbonyl (C=O) groups excluding carboxylic acids is 1. The monoisotopic (exact) mass is 368 g/mol. The van der Waals surface area contributed by atoms with Gasteiger partial charge in [-0.3, -0.25) is 0 Å². The highest BCUT2D eigenvalue weighted by molar-refractivity contribution is 9.10. The lowest BCUT2D eigenvalue weighted by Crippen LogP contribution is -2.07. The summed E-state index contributed by atoms with van der Waals surface area (Å²) >= 11 is 9.67. The summed E-state index contributed by atoms with van der Waals surface area (Å²) in [4.78, 5) is 11.9. The summed E-state index contributed by atoms with van der Waals surface area (Å²) < 4.78 is 5.63. The van der Waals surface area contributed by atoms with Crippen molar-refractivity contribution in [1.82, 2.24) is 0 Å². The van der Waals surface area contributed by atoms with Crippen LogP contribution in [-0.2, 0) is 4.74 Å². The number of hydrogen-bond donors (Lipinski definition) is 2. The molecule has 0 aromatic heterocycles. The van der Waals surface area contributed by atoms with Crippen LogP contribution in [0.3, 0.4) is 0 Å². The minimum Gasteiger partial charge on any atom is -0.465 e. The molecule has 0 saturated heterocycles. The van der Waals surface area contributed by atoms with Crippen LogP contribution in [0.1, 0.15) is 15.9 Å². The first kappa shape index (κ1) is 15.7. The number of anilines is 3. The molecule has 110 valence electrons. The van der Waals surface area contributed by atoms with Crippen molar-refractivity contribution in [2.24, 2.45) is 0 Å². The summed E-state index contributed by atoms with van der Waals surface area (Å²) in [7, 11) is 1.31. The van der Waals surface area contributed by atoms with E-state index in [0.717, 1.165) is 15.7 Å². The molecule has 21 heavy (non-hydrogen) atoms. The van der Waals surface area contributed by atoms with E-state index in [1.807, 2.05) is 25.1 Å². The van der Waals surface area contributed by atoms with Gasteiger partial charge in [-0.1, -0.05) is 17.7 Å². The van der Waals surface area contributed by atoms with E-state index in [4.69, 9.17) is 22.1 Å². The first-order valence-corrected chi connectivity index (χ1v) is 7.30. The van der Waals surface area contributed by atoms with Crippen molar-refractivity contribution in [2.75, 3.05) is 18.2 Å². The molecule has 0 atom stereocenters. The van der Waals surface area contributed by atoms with Gasteiger partial charge in [0.1, 0.15) is 0 Å². The molecule has 6 heteroatoms. The van der Waals surface area contributed by atoms with E-state index in [-0.39, 0.29) is 5.56 Å². The summed E-state index contributed by atoms with van der Waals surface area (Å²) in [5.41, 5.74) is 8.76. The number of nitrogen functional groups attached to an aromatic ring is 1. The van der Waals surface area contributed by atoms with Crippen LogP contribution in [0.2, 0.25) is 5.02 Å². The zero-order valence-electron chi connectivity index (χ0n) is 11.5. The second kappa shape index (κ2) is 6.37. The molecule has 2 aromatic rings. The van der Waals surface area contributed by atoms with Gasteiger partial charge < -0.3 is 15.8 Å². The Labute approximate surface area is 136 Å². The Kier molecular flexibility index (Phi) is 4.75. The molecule has 0 spiro atoms. The van der Waals surface area contributed by atoms with E-state index in [9.17, 15) is 4.79 Å². The molecule has 0 aliphatic rings. The zero-order valence-corrected chi connectivity index (χ0v) is 13.9. The van der Waals surface area contributed by atoms with Crippen molar-refractivity contribution in [1.29, 1.82) is 0 Å². The molecule has 0 aliphatic heterocycles. The molecule has 0 fully saturated rings. The quantitative estimate of drug-likeness (QED) is 0.616. The summed E-state index contributed by atoms with van der Waals surface area (Å²) in [6.45, 7) is 1.98. The Morgan fingerprint density at radius 2 is 2.05 bits per heavy atom. The molecule has 0 radical (unpaired) electrons. The molecule has 4 nitrogen and oxygen atoms in total. The average molecular weight is 370 g/mol. The number of halogens is 2. The molecule has 2 rings (SSSR count). The first-order valence-electron chi connectivity index (χ1n) is 6.13. The highest BCUT2D eigenvalue weighted by Crippen LogP contribution is 2.35. The van der Waals surface area contributed by atoms with Gasteiger partial charge in [-0.05, 0) is 52.7 Å². The number of aryl methyl sites for hydroxylation is 1. The van der Waals surface area contributed by atoms with Gasteiger partial charge >= 0.3 is 5.97 Å². The topological polar surface area (TPSA) is 64.3 Å². The Morgan fingerprint density at radius 3 is 2.71 bits per heavy atom. The largest absolute Gasteiger partial charge is 0.465 e. The lowest BCUT2D eigenvalue weighted by Gasteiger charge is -2.15. The SMILES string of the molecule is COC(=O)c1cc(N)cc(Cl)c1Nc1cc(C)ccc1Br. The lowest BCUT2D eigenvalue weighted by molar-refractivity contribution is 0.0602. The summed E-state index contributed by atoms with van der Waals surface area (Å²) in [6, 6.07) is 8.95. The minimum absolute atomic E-state index is 0.288. The van der Waals surface area contributed by atoms with Crippen LogP contribution < -0.4 is 11.1 Å². The van der Waals surface area contributed by atoms with Crippen LogP contribution >= 0.6 is 27.5 Å². The number of rotatable bonds is 3. The predicted molar refractivity (Wildman–Crippen MR) is 89.4 cm³/mol. The summed E-state index contributed by atoms with van der Waals surface area (Å²) in [5, 5.41) is 3.51. The Morgan fingerprint density at radius 1 is 1.33 bits per heavy atom. The van der Waals surface area contributed by atoms with Crippen molar-refractivity contribution < 1.29 is 9.53 Å². The molecular weight excluding hydrogens is 356 g/mol. The van der Waals surface area contributed by atoms with E-state index >= 15 is 0 Å². The van der Waals surface area contributed by atoms with Gasteiger partial charge in [0.25, 0.3) is 0 Å². The molecule has 0 unspecified atom stereocenters. The molecule has 3 N–H and O–H groups in total. The molecule has 0 bridgehead atoms. The van der Waals surface area contributed by atoms with E-state index in [1.54, 1.807) is 6.07 Å². The fourth-order valence-corrected chi connectivity index (χ4v) is 2.52. The molecule has 2 aromatic carbocycles. The van der Waals surface area contributed by atoms with Gasteiger partial charge in [0, 0.05) is 10.2 Å². The fraction of sp³-hybridized carbons (Fsp3) is 0.133. The van der Waals surface area contributed by atoms with Crippen molar-refractivity contribution >= 4 is 50.6 Å². The Bertz CT molecular complexity index is 704. The number of carbonyl (C=O) groups is 1. The molecule has 0 amide bonds. The van der Waals surface area contributed by atoms with Crippen LogP contribution in [0.25, 0.3) is 0 Å². The standard InChI is InChI=1S/C15H14BrClN2O2/c1-8-3-4-11(16)13(5-8)19-14-10(15(20)21-2)6-9(18)7-12(14)17/h3-7,19H,18H2,1-2H3. The highest BCUT2D eigenvalue weighted by atomic mass is 79.9. The second-order valence-corrected chi connectivity index (χ2v) is 5.79. The van der Waals surface area contributed by atoms with Crippen LogP contribution in [0.5, 0.6) is 0 Å². The van der Waals surface area contributed by atoms with Gasteiger partial charge in [-0.25, -0.2) is 4.79 Å². The summed E-state index contributed by atoms with van der Waals surface area (Å²) in [6.07, 6.45) is 0. The molecule has 0 saturated carbocycles. The van der Waals surface area contributed by atoms with E-state index in [1.165, 1.54) is 13.2 Å². The number of nitrogens with one attached hydrogen (secondary N) is 1. The third-order valence-corrected chi connectivity index (χ3v) is 3.89. The van der Waals surface area contributed by atoms with Crippen LogP contribution in [0.4, 0.5) is 17.1 Å². The minimum atomic E-state index is -0.504. The zero-order chi connectivity index (χ0) is 15.6. The number of esters is 1. The van der Waals surface area contributed by atoms with Crippen molar-refractivity contribution in [2.45, 2.75) is 6.92 Å². The summed E-state index contributed by atoms with van der Waals surface area (Å²) in [5.74, 6) is -0.504. The highest BCUT2D eigenvalue weighted by Gasteiger charge is 2.17. The fourth-order valence-electron chi connectivity index (χ4n) is 1.90. The number of nitrogens with two attached hydrogens (primary N) is 1. The first-order chi connectivity index (χ1) is 9.92. The second-order valence-electron chi connectivity index (χ2n) is 4.53. The number of ether oxygens (including phenoxy) is 1. The Hall–Kier alpha value is -1.72. The maximum Gasteiger partial charge on any atom is 0.340 e. The van der Waals surface area contributed by atoms with Crippen molar-refractivity contribution in [3.05, 3.63) is 51.0 Å². The molecular formula is C15H14BrClN2O2. The average Bonchev–Trinajstić information content (AvgIpc) is 2.44. The van der Waals surface area contributed by atoms with Crippen LogP contribution in [0.15, 0.2) is 34.8 Å². The van der Waals surface area contributed by atoms with Gasteiger partial charge in [-0.15, -0.1) is 0 Å². The van der Waals surface area contributed by atoms with E-state index < -0.39 is 5.97 Å². The third-order valence-electron chi connectivity index (χ3n) is 2.90. The maximum absolute atomic E-state index is 11.9. The predicted octanol–water partition coefficient (Wildman–Crippen LogP) is 4.52. The van der Waals surface area contributed by atoms with Gasteiger partial charge in [-0.2, -0.15) is 0 Å². The van der Waals surface area contributed by atoms with Crippen molar-refractivity contribution in [3.63, 3.8) is 0 Å². The van der Waals surface area contributed by atoms with E-state index in [0.29, 0.717) is 16.4 Å². The number of hydrogen-bond acceptors (Lipinski definition) is 4. The maximum atomic E-state index is 11.9. The third kappa shape index (κ3) is 3.49. The Balaban J connectivity index is 2.53. The van der Waals surface area contributed by atoms with Crippen LogP contribution in [-0.4, -0.2) is 13.1 Å². The van der Waals surface area contributed by atoms with E-state index in [2.05, 4.69) is 21.2 Å². The molecule has 0 heterocycles. The smallest absolute Gasteiger partial charge is 0.340 e. The van der Waals surface area contributed by atoms with Gasteiger partial charge in [0.2, 0.25) is 0 Å². The lowest BCUT2D eigenvalue weighted by atomic mass is 10.1. The number of benzene rings is 2. The van der Waals surface area contributed by atoms with Gasteiger partial charge in [0.15, 0.2) is 0 Å². The normalized spacial score (nSPS) is 10.3. The molecule has 0 aliphatic carbocycles. The number of methoxy groups -OCH3 is 1. The van der Waals surface area contributed by atoms with Crippen molar-refractivity contribution in [3.8, 4) is 0 Å². The van der Waals surface area contributed by atoms with Gasteiger partial charge in [0.05, 0.1) is 29.1 Å². The van der Waals surface area contributed by atoms with Crippen LogP contribution in [0, 0.1) is 6.92 Å².